The van der Waals surface area contributed by atoms with Crippen molar-refractivity contribution >= 4 is 11.0 Å². The van der Waals surface area contributed by atoms with Gasteiger partial charge in [0.05, 0.1) is 0 Å². The van der Waals surface area contributed by atoms with Gasteiger partial charge in [0, 0.05) is 11.5 Å². The summed E-state index contributed by atoms with van der Waals surface area (Å²) < 4.78 is 4.91. The van der Waals surface area contributed by atoms with Gasteiger partial charge in [-0.25, -0.2) is 4.79 Å². The largest absolute Gasteiger partial charge is 0.423 e. The zero-order valence-electron chi connectivity index (χ0n) is 12.4. The molecule has 2 aromatic rings. The van der Waals surface area contributed by atoms with Crippen LogP contribution in [0.4, 0.5) is 0 Å². The maximum absolute atomic E-state index is 10.7. The molecule has 1 aromatic heterocycles. The Morgan fingerprint density at radius 3 is 2.38 bits per heavy atom. The van der Waals surface area contributed by atoms with Crippen molar-refractivity contribution in [1.29, 1.82) is 0 Å². The van der Waals surface area contributed by atoms with Gasteiger partial charge in [-0.3, -0.25) is 0 Å². The third-order valence-electron chi connectivity index (χ3n) is 2.89. The number of rotatable bonds is 7. The normalized spacial score (nSPS) is 10.2. The summed E-state index contributed by atoms with van der Waals surface area (Å²) in [5, 5.41) is 4.24. The number of para-hydroxylation sites is 1. The lowest BCUT2D eigenvalue weighted by Crippen LogP contribution is -2.19. The van der Waals surface area contributed by atoms with Crippen molar-refractivity contribution in [3.05, 3.63) is 46.8 Å². The predicted octanol–water partition coefficient (Wildman–Crippen LogP) is 1.46. The Morgan fingerprint density at radius 2 is 1.62 bits per heavy atom. The number of fused-ring (bicyclic) bond motifs is 1. The fraction of sp³-hybridized carbons (Fsp3) is 0.438. The first-order chi connectivity index (χ1) is 10.3. The summed E-state index contributed by atoms with van der Waals surface area (Å²) in [6.07, 6.45) is 3.37. The molecule has 0 unspecified atom stereocenters. The van der Waals surface area contributed by atoms with Gasteiger partial charge in [0.1, 0.15) is 5.58 Å². The minimum atomic E-state index is -0.302. The van der Waals surface area contributed by atoms with E-state index in [-0.39, 0.29) is 5.63 Å². The Balaban J connectivity index is 0.000000212. The molecule has 5 nitrogen and oxygen atoms in total. The molecule has 0 radical (unpaired) electrons. The van der Waals surface area contributed by atoms with Crippen LogP contribution in [0.15, 0.2) is 45.6 Å². The molecule has 0 bridgehead atoms. The van der Waals surface area contributed by atoms with E-state index < -0.39 is 0 Å². The highest BCUT2D eigenvalue weighted by molar-refractivity contribution is 5.75. The Morgan fingerprint density at radius 1 is 0.905 bits per heavy atom. The van der Waals surface area contributed by atoms with Gasteiger partial charge < -0.3 is 21.2 Å². The van der Waals surface area contributed by atoms with Crippen LogP contribution in [0.25, 0.3) is 11.0 Å². The molecular weight excluding hydrogens is 266 g/mol. The Labute approximate surface area is 125 Å². The van der Waals surface area contributed by atoms with Gasteiger partial charge in [0.2, 0.25) is 0 Å². The smallest absolute Gasteiger partial charge is 0.336 e. The molecule has 21 heavy (non-hydrogen) atoms. The highest BCUT2D eigenvalue weighted by Gasteiger charge is 1.92. The zero-order chi connectivity index (χ0) is 15.3. The molecule has 0 saturated carbocycles. The van der Waals surface area contributed by atoms with E-state index in [1.807, 2.05) is 18.2 Å². The van der Waals surface area contributed by atoms with Crippen LogP contribution in [0.3, 0.4) is 0 Å². The van der Waals surface area contributed by atoms with E-state index in [9.17, 15) is 4.79 Å². The summed E-state index contributed by atoms with van der Waals surface area (Å²) in [5.74, 6) is 0. The van der Waals surface area contributed by atoms with Crippen LogP contribution in [0, 0.1) is 0 Å². The summed E-state index contributed by atoms with van der Waals surface area (Å²) in [7, 11) is 0. The van der Waals surface area contributed by atoms with Gasteiger partial charge in [-0.15, -0.1) is 0 Å². The molecule has 116 valence electrons. The van der Waals surface area contributed by atoms with E-state index in [0.717, 1.165) is 44.4 Å². The SMILES string of the molecule is NCCCCNCCCN.O=c1ccc2ccccc2o1. The van der Waals surface area contributed by atoms with Crippen LogP contribution >= 0.6 is 0 Å². The van der Waals surface area contributed by atoms with E-state index >= 15 is 0 Å². The lowest BCUT2D eigenvalue weighted by molar-refractivity contribution is 0.561. The molecular formula is C16H25N3O2. The molecule has 0 saturated heterocycles. The maximum atomic E-state index is 10.7. The first kappa shape index (κ1) is 17.4. The number of unbranched alkanes of at least 4 members (excludes halogenated alkanes) is 1. The molecule has 5 N–H and O–H groups in total. The number of hydrogen-bond donors (Lipinski definition) is 3. The third kappa shape index (κ3) is 7.60. The number of hydrogen-bond acceptors (Lipinski definition) is 5. The van der Waals surface area contributed by atoms with Crippen molar-refractivity contribution in [2.75, 3.05) is 26.2 Å². The van der Waals surface area contributed by atoms with Gasteiger partial charge in [-0.05, 0) is 57.6 Å². The molecule has 2 rings (SSSR count). The van der Waals surface area contributed by atoms with Crippen molar-refractivity contribution in [2.24, 2.45) is 11.5 Å². The van der Waals surface area contributed by atoms with Crippen molar-refractivity contribution in [2.45, 2.75) is 19.3 Å². The molecule has 1 aromatic carbocycles. The van der Waals surface area contributed by atoms with Crippen molar-refractivity contribution in [3.8, 4) is 0 Å². The second-order valence-corrected chi connectivity index (χ2v) is 4.68. The Hall–Kier alpha value is -1.69. The monoisotopic (exact) mass is 291 g/mol. The molecule has 0 amide bonds. The van der Waals surface area contributed by atoms with Crippen molar-refractivity contribution in [3.63, 3.8) is 0 Å². The number of benzene rings is 1. The summed E-state index contributed by atoms with van der Waals surface area (Å²) in [4.78, 5) is 10.7. The fourth-order valence-corrected chi connectivity index (χ4v) is 1.76. The van der Waals surface area contributed by atoms with E-state index in [1.165, 1.54) is 12.5 Å². The summed E-state index contributed by atoms with van der Waals surface area (Å²) >= 11 is 0. The van der Waals surface area contributed by atoms with Gasteiger partial charge in [0.25, 0.3) is 0 Å². The fourth-order valence-electron chi connectivity index (χ4n) is 1.76. The van der Waals surface area contributed by atoms with Crippen molar-refractivity contribution in [1.82, 2.24) is 5.32 Å². The molecule has 0 aliphatic heterocycles. The summed E-state index contributed by atoms with van der Waals surface area (Å²) in [5.41, 5.74) is 11.0. The third-order valence-corrected chi connectivity index (χ3v) is 2.89. The van der Waals surface area contributed by atoms with E-state index in [4.69, 9.17) is 15.9 Å². The van der Waals surface area contributed by atoms with Crippen LogP contribution in [0.5, 0.6) is 0 Å². The molecule has 0 aliphatic carbocycles. The zero-order valence-corrected chi connectivity index (χ0v) is 12.4. The Bertz CT molecular complexity index is 546. The second-order valence-electron chi connectivity index (χ2n) is 4.68. The van der Waals surface area contributed by atoms with Crippen LogP contribution < -0.4 is 22.4 Å². The quantitative estimate of drug-likeness (QED) is 0.530. The second kappa shape index (κ2) is 11.0. The number of nitrogens with one attached hydrogen (secondary N) is 1. The average molecular weight is 291 g/mol. The Kier molecular flexibility index (Phi) is 9.11. The minimum Gasteiger partial charge on any atom is -0.423 e. The number of nitrogens with two attached hydrogens (primary N) is 2. The predicted molar refractivity (Wildman–Crippen MR) is 87.3 cm³/mol. The topological polar surface area (TPSA) is 94.3 Å². The van der Waals surface area contributed by atoms with E-state index in [1.54, 1.807) is 12.1 Å². The maximum Gasteiger partial charge on any atom is 0.336 e. The van der Waals surface area contributed by atoms with Crippen LogP contribution in [0.1, 0.15) is 19.3 Å². The molecule has 5 heteroatoms. The molecule has 0 spiro atoms. The molecule has 0 atom stereocenters. The summed E-state index contributed by atoms with van der Waals surface area (Å²) in [6, 6.07) is 10.6. The van der Waals surface area contributed by atoms with Crippen LogP contribution in [0.2, 0.25) is 0 Å². The lowest BCUT2D eigenvalue weighted by Gasteiger charge is -2.01. The highest BCUT2D eigenvalue weighted by Crippen LogP contribution is 2.08. The molecule has 0 aliphatic rings. The standard InChI is InChI=1S/C9H6O2.C7H19N3/c10-9-6-5-7-3-1-2-4-8(7)11-9;8-4-1-2-6-10-7-3-5-9/h1-6H;10H,1-9H2. The molecule has 1 heterocycles. The lowest BCUT2D eigenvalue weighted by atomic mass is 10.2. The van der Waals surface area contributed by atoms with Gasteiger partial charge in [-0.2, -0.15) is 0 Å². The van der Waals surface area contributed by atoms with Gasteiger partial charge >= 0.3 is 5.63 Å². The first-order valence-corrected chi connectivity index (χ1v) is 7.37. The van der Waals surface area contributed by atoms with Crippen LogP contribution in [-0.4, -0.2) is 26.2 Å². The van der Waals surface area contributed by atoms with Gasteiger partial charge in [0.15, 0.2) is 0 Å². The van der Waals surface area contributed by atoms with Crippen molar-refractivity contribution < 1.29 is 4.42 Å². The van der Waals surface area contributed by atoms with E-state index in [2.05, 4.69) is 5.32 Å². The van der Waals surface area contributed by atoms with Crippen LogP contribution in [-0.2, 0) is 0 Å². The highest BCUT2D eigenvalue weighted by atomic mass is 16.4. The molecule has 0 fully saturated rings. The summed E-state index contributed by atoms with van der Waals surface area (Å²) in [6.45, 7) is 3.71. The first-order valence-electron chi connectivity index (χ1n) is 7.37. The van der Waals surface area contributed by atoms with E-state index in [0.29, 0.717) is 5.58 Å². The van der Waals surface area contributed by atoms with Gasteiger partial charge in [-0.1, -0.05) is 18.2 Å². The average Bonchev–Trinajstić information content (AvgIpc) is 2.51. The minimum absolute atomic E-state index is 0.302.